The second kappa shape index (κ2) is 10.9. The molecule has 0 atom stereocenters. The summed E-state index contributed by atoms with van der Waals surface area (Å²) in [5.74, 6) is -0.618. The van der Waals surface area contributed by atoms with Gasteiger partial charge in [0.1, 0.15) is 11.6 Å². The Morgan fingerprint density at radius 2 is 0.918 bits per heavy atom. The minimum absolute atomic E-state index is 0.0465. The quantitative estimate of drug-likeness (QED) is 0.137. The van der Waals surface area contributed by atoms with E-state index in [4.69, 9.17) is 0 Å². The highest BCUT2D eigenvalue weighted by Gasteiger charge is 2.24. The third-order valence-electron chi connectivity index (χ3n) is 10.0. The minimum atomic E-state index is -0.309. The Labute approximate surface area is 284 Å². The molecule has 0 unspecified atom stereocenters. The van der Waals surface area contributed by atoms with Crippen molar-refractivity contribution in [3.63, 3.8) is 0 Å². The van der Waals surface area contributed by atoms with Crippen molar-refractivity contribution in [3.8, 4) is 11.1 Å². The van der Waals surface area contributed by atoms with Crippen LogP contribution in [0.2, 0.25) is 0 Å². The van der Waals surface area contributed by atoms with Gasteiger partial charge >= 0.3 is 0 Å². The van der Waals surface area contributed by atoms with Crippen LogP contribution >= 0.6 is 0 Å². The molecule has 0 saturated heterocycles. The fourth-order valence-corrected chi connectivity index (χ4v) is 7.69. The van der Waals surface area contributed by atoms with Crippen molar-refractivity contribution in [2.24, 2.45) is 0 Å². The summed E-state index contributed by atoms with van der Waals surface area (Å²) < 4.78 is 28.5. The van der Waals surface area contributed by atoms with Crippen LogP contribution in [0.5, 0.6) is 0 Å². The SMILES string of the molecule is CC(C)(C)c1cc2ccc3ccc(-c4c5ccccc5c(N(c5ccc(F)cc5)c5ccc(F)cc5)c5ccccc45)c4ccc(c1)c2c34. The first-order valence-corrected chi connectivity index (χ1v) is 16.7. The van der Waals surface area contributed by atoms with E-state index in [1.54, 1.807) is 24.3 Å². The van der Waals surface area contributed by atoms with Crippen molar-refractivity contribution in [1.82, 2.24) is 0 Å². The van der Waals surface area contributed by atoms with Gasteiger partial charge in [0.2, 0.25) is 0 Å². The molecule has 49 heavy (non-hydrogen) atoms. The topological polar surface area (TPSA) is 3.24 Å². The number of hydrogen-bond acceptors (Lipinski definition) is 1. The van der Waals surface area contributed by atoms with Crippen molar-refractivity contribution >= 4 is 70.9 Å². The van der Waals surface area contributed by atoms with E-state index < -0.39 is 0 Å². The van der Waals surface area contributed by atoms with Crippen LogP contribution in [0, 0.1) is 11.6 Å². The molecule has 0 bridgehead atoms. The van der Waals surface area contributed by atoms with Gasteiger partial charge in [-0.15, -0.1) is 0 Å². The molecule has 9 rings (SSSR count). The largest absolute Gasteiger partial charge is 0.309 e. The smallest absolute Gasteiger partial charge is 0.123 e. The van der Waals surface area contributed by atoms with Gasteiger partial charge in [-0.1, -0.05) is 118 Å². The van der Waals surface area contributed by atoms with Gasteiger partial charge in [-0.2, -0.15) is 0 Å². The van der Waals surface area contributed by atoms with Gasteiger partial charge in [0.15, 0.2) is 0 Å². The third kappa shape index (κ3) is 4.64. The number of nitrogens with zero attached hydrogens (tertiary/aromatic N) is 1. The van der Waals surface area contributed by atoms with Gasteiger partial charge in [0.05, 0.1) is 5.69 Å². The molecule has 3 heteroatoms. The average Bonchev–Trinajstić information content (AvgIpc) is 3.11. The van der Waals surface area contributed by atoms with Gasteiger partial charge in [-0.3, -0.25) is 0 Å². The zero-order valence-electron chi connectivity index (χ0n) is 27.6. The summed E-state index contributed by atoms with van der Waals surface area (Å²) in [6, 6.07) is 48.4. The highest BCUT2D eigenvalue weighted by Crippen LogP contribution is 2.50. The summed E-state index contributed by atoms with van der Waals surface area (Å²) in [7, 11) is 0. The van der Waals surface area contributed by atoms with Crippen molar-refractivity contribution in [2.75, 3.05) is 4.90 Å². The zero-order valence-corrected chi connectivity index (χ0v) is 27.6. The molecule has 0 fully saturated rings. The maximum atomic E-state index is 14.2. The van der Waals surface area contributed by atoms with Gasteiger partial charge in [-0.25, -0.2) is 8.78 Å². The number of hydrogen-bond donors (Lipinski definition) is 0. The molecule has 9 aromatic carbocycles. The second-order valence-electron chi connectivity index (χ2n) is 14.0. The highest BCUT2D eigenvalue weighted by atomic mass is 19.1. The number of rotatable bonds is 4. The first-order valence-electron chi connectivity index (χ1n) is 16.7. The summed E-state index contributed by atoms with van der Waals surface area (Å²) in [5.41, 5.74) is 6.25. The Morgan fingerprint density at radius 3 is 1.45 bits per heavy atom. The lowest BCUT2D eigenvalue weighted by Gasteiger charge is -2.29. The fourth-order valence-electron chi connectivity index (χ4n) is 7.69. The second-order valence-corrected chi connectivity index (χ2v) is 14.0. The number of benzene rings is 9. The average molecular weight is 638 g/mol. The third-order valence-corrected chi connectivity index (χ3v) is 10.0. The number of anilines is 3. The Hall–Kier alpha value is -5.80. The van der Waals surface area contributed by atoms with E-state index in [-0.39, 0.29) is 17.0 Å². The first-order chi connectivity index (χ1) is 23.8. The van der Waals surface area contributed by atoms with Gasteiger partial charge in [0.25, 0.3) is 0 Å². The Morgan fingerprint density at radius 1 is 0.449 bits per heavy atom. The van der Waals surface area contributed by atoms with E-state index in [1.807, 2.05) is 0 Å². The predicted octanol–water partition coefficient (Wildman–Crippen LogP) is 13.6. The standard InChI is InChI=1S/C46H33F2N/c1-46(2,3)31-26-29-13-12-28-14-24-39(38-25-15-30(27-31)42(29)43(28)38)44-36-8-4-6-10-40(36)45(41-11-7-5-9-37(41)44)49(34-20-16-32(47)17-21-34)35-22-18-33(48)19-23-35/h4-27H,1-3H3. The van der Waals surface area contributed by atoms with Crippen molar-refractivity contribution in [1.29, 1.82) is 0 Å². The lowest BCUT2D eigenvalue weighted by atomic mass is 9.82. The van der Waals surface area contributed by atoms with Crippen LogP contribution in [0.1, 0.15) is 26.3 Å². The maximum Gasteiger partial charge on any atom is 0.123 e. The van der Waals surface area contributed by atoms with Crippen LogP contribution in [0.15, 0.2) is 146 Å². The van der Waals surface area contributed by atoms with Crippen LogP contribution in [-0.2, 0) is 5.41 Å². The van der Waals surface area contributed by atoms with Crippen LogP contribution in [-0.4, -0.2) is 0 Å². The van der Waals surface area contributed by atoms with Crippen LogP contribution in [0.25, 0.3) is 65.0 Å². The molecule has 0 radical (unpaired) electrons. The summed E-state index contributed by atoms with van der Waals surface area (Å²) in [6.07, 6.45) is 0. The molecule has 0 aromatic heterocycles. The van der Waals surface area contributed by atoms with E-state index in [2.05, 4.69) is 123 Å². The van der Waals surface area contributed by atoms with Crippen LogP contribution in [0.4, 0.5) is 25.8 Å². The predicted molar refractivity (Wildman–Crippen MR) is 204 cm³/mol. The Bertz CT molecular complexity index is 2580. The lowest BCUT2D eigenvalue weighted by molar-refractivity contribution is 0.591. The molecule has 0 aliphatic heterocycles. The molecule has 0 aliphatic rings. The molecule has 0 heterocycles. The molecule has 1 nitrogen and oxygen atoms in total. The normalized spacial score (nSPS) is 12.2. The minimum Gasteiger partial charge on any atom is -0.309 e. The Kier molecular flexibility index (Phi) is 6.51. The molecular formula is C46H33F2N. The molecule has 0 aliphatic carbocycles. The summed E-state index contributed by atoms with van der Waals surface area (Å²) in [4.78, 5) is 2.12. The van der Waals surface area contributed by atoms with Crippen LogP contribution in [0.3, 0.4) is 0 Å². The summed E-state index contributed by atoms with van der Waals surface area (Å²) in [5, 5.41) is 11.9. The number of halogens is 2. The first kappa shape index (κ1) is 29.3. The van der Waals surface area contributed by atoms with E-state index in [0.717, 1.165) is 38.6 Å². The van der Waals surface area contributed by atoms with Crippen LogP contribution < -0.4 is 4.90 Å². The molecule has 0 N–H and O–H groups in total. The van der Waals surface area contributed by atoms with Gasteiger partial charge in [0, 0.05) is 22.1 Å². The zero-order chi connectivity index (χ0) is 33.4. The van der Waals surface area contributed by atoms with Gasteiger partial charge < -0.3 is 4.90 Å². The molecule has 0 amide bonds. The van der Waals surface area contributed by atoms with Crippen molar-refractivity contribution < 1.29 is 8.78 Å². The summed E-state index contributed by atoms with van der Waals surface area (Å²) >= 11 is 0. The summed E-state index contributed by atoms with van der Waals surface area (Å²) in [6.45, 7) is 6.81. The van der Waals surface area contributed by atoms with E-state index >= 15 is 0 Å². The molecule has 9 aromatic rings. The van der Waals surface area contributed by atoms with E-state index in [0.29, 0.717) is 0 Å². The van der Waals surface area contributed by atoms with Crippen molar-refractivity contribution in [3.05, 3.63) is 163 Å². The lowest BCUT2D eigenvalue weighted by Crippen LogP contribution is -2.11. The molecule has 236 valence electrons. The van der Waals surface area contributed by atoms with E-state index in [9.17, 15) is 8.78 Å². The fraction of sp³-hybridized carbons (Fsp3) is 0.0870. The van der Waals surface area contributed by atoms with Crippen molar-refractivity contribution in [2.45, 2.75) is 26.2 Å². The Balaban J connectivity index is 1.39. The molecule has 0 spiro atoms. The molecule has 0 saturated carbocycles. The molecular weight excluding hydrogens is 605 g/mol. The van der Waals surface area contributed by atoms with Gasteiger partial charge in [-0.05, 0) is 114 Å². The highest BCUT2D eigenvalue weighted by molar-refractivity contribution is 6.29. The number of fused-ring (bicyclic) bond motifs is 2. The van der Waals surface area contributed by atoms with E-state index in [1.165, 1.54) is 73.3 Å². The maximum absolute atomic E-state index is 14.2. The monoisotopic (exact) mass is 637 g/mol.